The van der Waals surface area contributed by atoms with Crippen molar-refractivity contribution in [2.75, 3.05) is 0 Å². The number of hydrogen-bond donors (Lipinski definition) is 2. The summed E-state index contributed by atoms with van der Waals surface area (Å²) in [6, 6.07) is 0. The monoisotopic (exact) mass is 355 g/mol. The van der Waals surface area contributed by atoms with E-state index in [1.165, 1.54) is 83.5 Å². The first-order valence-electron chi connectivity index (χ1n) is 10.2. The molecule has 4 heteroatoms. The Labute approximate surface area is 155 Å². The Bertz CT molecular complexity index is 316. The van der Waals surface area contributed by atoms with Crippen molar-refractivity contribution >= 4 is 11.9 Å². The summed E-state index contributed by atoms with van der Waals surface area (Å²) in [6.45, 7) is 5.36. The van der Waals surface area contributed by atoms with E-state index in [9.17, 15) is 9.59 Å². The van der Waals surface area contributed by atoms with Gasteiger partial charge in [-0.25, -0.2) is 0 Å². The van der Waals surface area contributed by atoms with Crippen LogP contribution in [0, 0.1) is 0 Å². The lowest BCUT2D eigenvalue weighted by Gasteiger charge is -2.03. The Kier molecular flexibility index (Phi) is 23.5. The van der Waals surface area contributed by atoms with Crippen LogP contribution in [0.2, 0.25) is 0 Å². The van der Waals surface area contributed by atoms with Crippen LogP contribution in [0.4, 0.5) is 0 Å². The number of carboxylic acids is 1. The van der Waals surface area contributed by atoms with Gasteiger partial charge in [0.25, 0.3) is 0 Å². The molecular weight excluding hydrogens is 314 g/mol. The first kappa shape index (κ1) is 25.9. The molecule has 148 valence electrons. The van der Waals surface area contributed by atoms with Gasteiger partial charge in [0.2, 0.25) is 5.91 Å². The number of unbranched alkanes of at least 4 members (excludes halogenated alkanes) is 14. The van der Waals surface area contributed by atoms with Crippen LogP contribution in [0.1, 0.15) is 110 Å². The predicted molar refractivity (Wildman–Crippen MR) is 107 cm³/mol. The number of carboxylic acid groups (broad SMARTS) is 1. The molecule has 0 aliphatic heterocycles. The van der Waals surface area contributed by atoms with E-state index in [0.717, 1.165) is 18.9 Å². The molecule has 0 bridgehead atoms. The third-order valence-electron chi connectivity index (χ3n) is 4.20. The summed E-state index contributed by atoms with van der Waals surface area (Å²) >= 11 is 0. The number of primary amides is 1. The number of aliphatic carboxylic acids is 1. The van der Waals surface area contributed by atoms with E-state index in [2.05, 4.69) is 19.2 Å². The first-order valence-corrected chi connectivity index (χ1v) is 10.2. The molecule has 0 aromatic heterocycles. The Morgan fingerprint density at radius 2 is 1.04 bits per heavy atom. The number of amides is 1. The zero-order valence-corrected chi connectivity index (χ0v) is 16.4. The van der Waals surface area contributed by atoms with Gasteiger partial charge in [0.05, 0.1) is 0 Å². The van der Waals surface area contributed by atoms with Crippen molar-refractivity contribution in [2.45, 2.75) is 110 Å². The van der Waals surface area contributed by atoms with Crippen molar-refractivity contribution in [1.29, 1.82) is 0 Å². The zero-order valence-electron chi connectivity index (χ0n) is 16.4. The van der Waals surface area contributed by atoms with Gasteiger partial charge in [0.1, 0.15) is 0 Å². The van der Waals surface area contributed by atoms with Crippen molar-refractivity contribution in [3.63, 3.8) is 0 Å². The molecule has 0 spiro atoms. The lowest BCUT2D eigenvalue weighted by atomic mass is 10.0. The Balaban J connectivity index is 0. The van der Waals surface area contributed by atoms with Crippen LogP contribution in [-0.4, -0.2) is 17.0 Å². The van der Waals surface area contributed by atoms with Gasteiger partial charge in [-0.1, -0.05) is 103 Å². The quantitative estimate of drug-likeness (QED) is 0.248. The van der Waals surface area contributed by atoms with Crippen LogP contribution < -0.4 is 5.73 Å². The molecule has 25 heavy (non-hydrogen) atoms. The second-order valence-corrected chi connectivity index (χ2v) is 6.70. The topological polar surface area (TPSA) is 80.4 Å². The maximum atomic E-state index is 10.3. The number of carbonyl (C=O) groups is 2. The molecule has 1 amide bonds. The van der Waals surface area contributed by atoms with E-state index >= 15 is 0 Å². The van der Waals surface area contributed by atoms with E-state index in [4.69, 9.17) is 5.11 Å². The maximum absolute atomic E-state index is 10.3. The van der Waals surface area contributed by atoms with E-state index in [1.807, 2.05) is 0 Å². The SMILES string of the molecule is C=CC(N)=O.CCCCCCCCCCCCCCCCCC(=O)O. The molecule has 3 N–H and O–H groups in total. The van der Waals surface area contributed by atoms with Crippen LogP contribution in [0.3, 0.4) is 0 Å². The highest BCUT2D eigenvalue weighted by molar-refractivity contribution is 5.84. The fourth-order valence-electron chi connectivity index (χ4n) is 2.65. The van der Waals surface area contributed by atoms with Crippen LogP contribution in [0.5, 0.6) is 0 Å². The van der Waals surface area contributed by atoms with Crippen LogP contribution in [0.15, 0.2) is 12.7 Å². The van der Waals surface area contributed by atoms with Gasteiger partial charge in [0.15, 0.2) is 0 Å². The molecule has 0 aliphatic rings. The molecule has 0 saturated carbocycles. The summed E-state index contributed by atoms with van der Waals surface area (Å²) in [6.07, 6.45) is 21.3. The predicted octanol–water partition coefficient (Wildman–Crippen LogP) is 5.99. The lowest BCUT2D eigenvalue weighted by molar-refractivity contribution is -0.137. The van der Waals surface area contributed by atoms with Gasteiger partial charge in [-0.3, -0.25) is 9.59 Å². The average Bonchev–Trinajstić information content (AvgIpc) is 2.58. The van der Waals surface area contributed by atoms with Crippen molar-refractivity contribution in [2.24, 2.45) is 5.73 Å². The Morgan fingerprint density at radius 1 is 0.760 bits per heavy atom. The minimum atomic E-state index is -0.653. The average molecular weight is 356 g/mol. The normalized spacial score (nSPS) is 9.96. The highest BCUT2D eigenvalue weighted by atomic mass is 16.4. The summed E-state index contributed by atoms with van der Waals surface area (Å²) in [7, 11) is 0. The second-order valence-electron chi connectivity index (χ2n) is 6.70. The van der Waals surface area contributed by atoms with Crippen molar-refractivity contribution in [3.05, 3.63) is 12.7 Å². The maximum Gasteiger partial charge on any atom is 0.303 e. The van der Waals surface area contributed by atoms with Crippen LogP contribution in [-0.2, 0) is 9.59 Å². The molecule has 0 aromatic rings. The van der Waals surface area contributed by atoms with Crippen molar-refractivity contribution in [3.8, 4) is 0 Å². The van der Waals surface area contributed by atoms with E-state index in [0.29, 0.717) is 6.42 Å². The van der Waals surface area contributed by atoms with Crippen LogP contribution in [0.25, 0.3) is 0 Å². The molecule has 0 radical (unpaired) electrons. The fourth-order valence-corrected chi connectivity index (χ4v) is 2.65. The largest absolute Gasteiger partial charge is 0.481 e. The van der Waals surface area contributed by atoms with Gasteiger partial charge < -0.3 is 10.8 Å². The second kappa shape index (κ2) is 22.7. The third kappa shape index (κ3) is 31.0. The number of rotatable bonds is 17. The molecule has 0 aliphatic carbocycles. The summed E-state index contributed by atoms with van der Waals surface area (Å²) in [5, 5.41) is 8.52. The summed E-state index contributed by atoms with van der Waals surface area (Å²) in [5.41, 5.74) is 4.53. The highest BCUT2D eigenvalue weighted by Gasteiger charge is 1.97. The van der Waals surface area contributed by atoms with Gasteiger partial charge in [-0.05, 0) is 12.5 Å². The van der Waals surface area contributed by atoms with E-state index in [-0.39, 0.29) is 0 Å². The Morgan fingerprint density at radius 3 is 1.28 bits per heavy atom. The number of carbonyl (C=O) groups excluding carboxylic acids is 1. The minimum Gasteiger partial charge on any atom is -0.481 e. The number of hydrogen-bond acceptors (Lipinski definition) is 2. The minimum absolute atomic E-state index is 0.345. The smallest absolute Gasteiger partial charge is 0.303 e. The molecule has 0 rings (SSSR count). The van der Waals surface area contributed by atoms with Gasteiger partial charge in [-0.2, -0.15) is 0 Å². The molecule has 0 heterocycles. The standard InChI is InChI=1S/C18H36O2.C3H5NO/c1-2-3-4-5-6-7-8-9-10-11-12-13-14-15-16-17-18(19)20;1-2-3(4)5/h2-17H2,1H3,(H,19,20);2H,1H2,(H2,4,5). The lowest BCUT2D eigenvalue weighted by Crippen LogP contribution is -2.04. The van der Waals surface area contributed by atoms with E-state index < -0.39 is 11.9 Å². The molecule has 4 nitrogen and oxygen atoms in total. The number of nitrogens with two attached hydrogens (primary N) is 1. The first-order chi connectivity index (χ1) is 12.0. The molecule has 0 fully saturated rings. The van der Waals surface area contributed by atoms with Gasteiger partial charge in [0, 0.05) is 6.42 Å². The molecule has 0 atom stereocenters. The Hall–Kier alpha value is -1.32. The van der Waals surface area contributed by atoms with Gasteiger partial charge >= 0.3 is 5.97 Å². The summed E-state index contributed by atoms with van der Waals surface area (Å²) in [5.74, 6) is -1.13. The van der Waals surface area contributed by atoms with Crippen LogP contribution >= 0.6 is 0 Å². The fraction of sp³-hybridized carbons (Fsp3) is 0.810. The molecule has 0 unspecified atom stereocenters. The van der Waals surface area contributed by atoms with E-state index in [1.54, 1.807) is 0 Å². The third-order valence-corrected chi connectivity index (χ3v) is 4.20. The molecule has 0 saturated heterocycles. The molecular formula is C21H41NO3. The van der Waals surface area contributed by atoms with Gasteiger partial charge in [-0.15, -0.1) is 0 Å². The van der Waals surface area contributed by atoms with Crippen molar-refractivity contribution in [1.82, 2.24) is 0 Å². The molecule has 0 aromatic carbocycles. The summed E-state index contributed by atoms with van der Waals surface area (Å²) in [4.78, 5) is 19.8. The van der Waals surface area contributed by atoms with Crippen molar-refractivity contribution < 1.29 is 14.7 Å². The summed E-state index contributed by atoms with van der Waals surface area (Å²) < 4.78 is 0. The zero-order chi connectivity index (χ0) is 19.2. The highest BCUT2D eigenvalue weighted by Crippen LogP contribution is 2.13.